The molecule has 0 radical (unpaired) electrons. The SMILES string of the molecule is Cc1nc(CCN(C)C(=O)[C@@H]2[C@@H]3C=C[C@@]4(CN(C5CCCCCC5)C(=O)[C@@H]24)O3)no1. The molecule has 162 valence electrons. The number of carbonyl (C=O) groups excluding carboxylic acids is 2. The zero-order valence-electron chi connectivity index (χ0n) is 17.7. The second-order valence-electron chi connectivity index (χ2n) is 9.25. The minimum atomic E-state index is -0.625. The van der Waals surface area contributed by atoms with Crippen molar-refractivity contribution in [3.8, 4) is 0 Å². The normalized spacial score (nSPS) is 33.2. The summed E-state index contributed by atoms with van der Waals surface area (Å²) in [5, 5.41) is 3.90. The smallest absolute Gasteiger partial charge is 0.230 e. The molecule has 0 unspecified atom stereocenters. The van der Waals surface area contributed by atoms with E-state index in [2.05, 4.69) is 10.1 Å². The highest BCUT2D eigenvalue weighted by molar-refractivity contribution is 5.93. The number of likely N-dealkylation sites (N-methyl/N-ethyl adjacent to an activating group) is 1. The molecule has 0 N–H and O–H groups in total. The van der Waals surface area contributed by atoms with E-state index in [1.54, 1.807) is 18.9 Å². The number of nitrogens with zero attached hydrogens (tertiary/aromatic N) is 4. The number of aromatic nitrogens is 2. The maximum absolute atomic E-state index is 13.5. The van der Waals surface area contributed by atoms with Crippen molar-refractivity contribution in [1.29, 1.82) is 0 Å². The predicted molar refractivity (Wildman–Crippen MR) is 107 cm³/mol. The highest BCUT2D eigenvalue weighted by atomic mass is 16.5. The average molecular weight is 415 g/mol. The summed E-state index contributed by atoms with van der Waals surface area (Å²) in [6.45, 7) is 2.81. The molecule has 1 spiro atoms. The number of carbonyl (C=O) groups is 2. The fraction of sp³-hybridized carbons (Fsp3) is 0.727. The Morgan fingerprint density at radius 3 is 2.77 bits per heavy atom. The summed E-state index contributed by atoms with van der Waals surface area (Å²) in [6, 6.07) is 0.283. The monoisotopic (exact) mass is 414 g/mol. The second-order valence-corrected chi connectivity index (χ2v) is 9.25. The highest BCUT2D eigenvalue weighted by Crippen LogP contribution is 2.53. The van der Waals surface area contributed by atoms with Crippen molar-refractivity contribution in [2.75, 3.05) is 20.1 Å². The van der Waals surface area contributed by atoms with Crippen LogP contribution in [0.3, 0.4) is 0 Å². The second kappa shape index (κ2) is 7.48. The van der Waals surface area contributed by atoms with Crippen LogP contribution in [-0.4, -0.2) is 69.6 Å². The molecule has 1 aromatic rings. The third-order valence-electron chi connectivity index (χ3n) is 7.30. The molecule has 3 fully saturated rings. The Balaban J connectivity index is 1.31. The molecule has 1 aromatic heterocycles. The van der Waals surface area contributed by atoms with Crippen LogP contribution in [0, 0.1) is 18.8 Å². The number of amides is 2. The van der Waals surface area contributed by atoms with E-state index < -0.39 is 17.4 Å². The summed E-state index contributed by atoms with van der Waals surface area (Å²) in [7, 11) is 1.78. The standard InChI is InChI=1S/C22H30N4O4/c1-14-23-17(24-30-14)10-12-25(2)20(27)18-16-9-11-22(29-16)13-26(21(28)19(18)22)15-7-5-3-4-6-8-15/h9,11,15-16,18-19H,3-8,10,12-13H2,1-2H3/t16-,18+,19+,22-/m0/s1. The van der Waals surface area contributed by atoms with Crippen molar-refractivity contribution >= 4 is 11.8 Å². The minimum Gasteiger partial charge on any atom is -0.360 e. The van der Waals surface area contributed by atoms with Crippen molar-refractivity contribution in [2.24, 2.45) is 11.8 Å². The van der Waals surface area contributed by atoms with Gasteiger partial charge in [0, 0.05) is 33.0 Å². The van der Waals surface area contributed by atoms with Gasteiger partial charge in [0.2, 0.25) is 17.7 Å². The number of hydrogen-bond donors (Lipinski definition) is 0. The number of hydrogen-bond acceptors (Lipinski definition) is 6. The van der Waals surface area contributed by atoms with Gasteiger partial charge in [0.1, 0.15) is 5.60 Å². The quantitative estimate of drug-likeness (QED) is 0.540. The lowest BCUT2D eigenvalue weighted by atomic mass is 9.76. The Labute approximate surface area is 176 Å². The maximum atomic E-state index is 13.5. The lowest BCUT2D eigenvalue weighted by Crippen LogP contribution is -2.46. The zero-order valence-corrected chi connectivity index (χ0v) is 17.7. The Morgan fingerprint density at radius 2 is 2.07 bits per heavy atom. The molecule has 0 aromatic carbocycles. The van der Waals surface area contributed by atoms with E-state index in [1.807, 2.05) is 17.1 Å². The van der Waals surface area contributed by atoms with Crippen molar-refractivity contribution in [1.82, 2.24) is 19.9 Å². The van der Waals surface area contributed by atoms with Crippen LogP contribution in [0.4, 0.5) is 0 Å². The van der Waals surface area contributed by atoms with Crippen LogP contribution in [0.25, 0.3) is 0 Å². The summed E-state index contributed by atoms with van der Waals surface area (Å²) in [5.74, 6) is 0.321. The summed E-state index contributed by atoms with van der Waals surface area (Å²) in [4.78, 5) is 34.8. The van der Waals surface area contributed by atoms with Gasteiger partial charge in [0.25, 0.3) is 0 Å². The van der Waals surface area contributed by atoms with Crippen LogP contribution in [-0.2, 0) is 20.7 Å². The van der Waals surface area contributed by atoms with Crippen LogP contribution in [0.5, 0.6) is 0 Å². The van der Waals surface area contributed by atoms with E-state index in [-0.39, 0.29) is 24.0 Å². The summed E-state index contributed by atoms with van der Waals surface area (Å²) >= 11 is 0. The summed E-state index contributed by atoms with van der Waals surface area (Å²) in [5.41, 5.74) is -0.625. The minimum absolute atomic E-state index is 0.0347. The van der Waals surface area contributed by atoms with E-state index in [0.717, 1.165) is 12.8 Å². The molecule has 2 saturated heterocycles. The molecule has 8 nitrogen and oxygen atoms in total. The van der Waals surface area contributed by atoms with E-state index >= 15 is 0 Å². The fourth-order valence-corrected chi connectivity index (χ4v) is 5.76. The van der Waals surface area contributed by atoms with Crippen molar-refractivity contribution in [3.05, 3.63) is 23.9 Å². The largest absolute Gasteiger partial charge is 0.360 e. The molecule has 5 rings (SSSR count). The molecule has 8 heteroatoms. The molecule has 2 amide bonds. The first-order valence-corrected chi connectivity index (χ1v) is 11.2. The third-order valence-corrected chi connectivity index (χ3v) is 7.30. The van der Waals surface area contributed by atoms with Gasteiger partial charge in [-0.3, -0.25) is 9.59 Å². The average Bonchev–Trinajstić information content (AvgIpc) is 3.43. The number of fused-ring (bicyclic) bond motifs is 1. The molecule has 2 bridgehead atoms. The van der Waals surface area contributed by atoms with E-state index in [0.29, 0.717) is 31.2 Å². The fourth-order valence-electron chi connectivity index (χ4n) is 5.76. The maximum Gasteiger partial charge on any atom is 0.230 e. The zero-order chi connectivity index (χ0) is 20.9. The van der Waals surface area contributed by atoms with Gasteiger partial charge < -0.3 is 19.1 Å². The highest BCUT2D eigenvalue weighted by Gasteiger charge is 2.67. The first-order valence-electron chi connectivity index (χ1n) is 11.2. The van der Waals surface area contributed by atoms with Crippen molar-refractivity contribution < 1.29 is 18.8 Å². The van der Waals surface area contributed by atoms with E-state index in [1.165, 1.54) is 25.7 Å². The van der Waals surface area contributed by atoms with Gasteiger partial charge >= 0.3 is 0 Å². The Bertz CT molecular complexity index is 859. The number of rotatable bonds is 5. The predicted octanol–water partition coefficient (Wildman–Crippen LogP) is 1.88. The topological polar surface area (TPSA) is 88.8 Å². The molecule has 4 heterocycles. The van der Waals surface area contributed by atoms with E-state index in [9.17, 15) is 9.59 Å². The van der Waals surface area contributed by atoms with Gasteiger partial charge in [-0.2, -0.15) is 4.98 Å². The van der Waals surface area contributed by atoms with Crippen LogP contribution < -0.4 is 0 Å². The summed E-state index contributed by atoms with van der Waals surface area (Å²) < 4.78 is 11.3. The van der Waals surface area contributed by atoms with Gasteiger partial charge in [-0.05, 0) is 12.8 Å². The molecular weight excluding hydrogens is 384 g/mol. The van der Waals surface area contributed by atoms with Gasteiger partial charge in [-0.25, -0.2) is 0 Å². The Hall–Kier alpha value is -2.22. The molecule has 30 heavy (non-hydrogen) atoms. The lowest BCUT2D eigenvalue weighted by Gasteiger charge is -2.30. The molecule has 4 aliphatic rings. The van der Waals surface area contributed by atoms with Gasteiger partial charge in [0.05, 0.1) is 24.5 Å². The number of ether oxygens (including phenoxy) is 1. The molecule has 4 atom stereocenters. The van der Waals surface area contributed by atoms with Crippen LogP contribution in [0.1, 0.15) is 50.2 Å². The first kappa shape index (κ1) is 19.7. The number of aryl methyl sites for hydroxylation is 1. The van der Waals surface area contributed by atoms with Crippen molar-refractivity contribution in [3.63, 3.8) is 0 Å². The van der Waals surface area contributed by atoms with E-state index in [4.69, 9.17) is 9.26 Å². The van der Waals surface area contributed by atoms with Gasteiger partial charge in [-0.1, -0.05) is 43.0 Å². The van der Waals surface area contributed by atoms with Crippen LogP contribution in [0.2, 0.25) is 0 Å². The van der Waals surface area contributed by atoms with Gasteiger partial charge in [-0.15, -0.1) is 0 Å². The molecule has 1 aliphatic carbocycles. The van der Waals surface area contributed by atoms with Crippen LogP contribution in [0.15, 0.2) is 16.7 Å². The first-order chi connectivity index (χ1) is 14.5. The lowest BCUT2D eigenvalue weighted by molar-refractivity contribution is -0.143. The van der Waals surface area contributed by atoms with Crippen molar-refractivity contribution in [2.45, 2.75) is 69.6 Å². The Morgan fingerprint density at radius 1 is 1.30 bits per heavy atom. The molecular formula is C22H30N4O4. The molecule has 1 saturated carbocycles. The van der Waals surface area contributed by atoms with Crippen LogP contribution >= 0.6 is 0 Å². The molecule has 3 aliphatic heterocycles. The Kier molecular flexibility index (Phi) is 4.92. The van der Waals surface area contributed by atoms with Gasteiger partial charge in [0.15, 0.2) is 5.82 Å². The third kappa shape index (κ3) is 3.16. The number of likely N-dealkylation sites (tertiary alicyclic amines) is 1. The summed E-state index contributed by atoms with van der Waals surface area (Å²) in [6.07, 6.45) is 11.2.